The molecule has 2 aromatic rings. The number of rotatable bonds is 1. The average Bonchev–Trinajstić information content (AvgIpc) is 2.38. The van der Waals surface area contributed by atoms with E-state index in [4.69, 9.17) is 0 Å². The molecule has 0 saturated carbocycles. The Morgan fingerprint density at radius 3 is 2.37 bits per heavy atom. The lowest BCUT2D eigenvalue weighted by molar-refractivity contribution is 0.294. The average molecular weight is 251 g/mol. The van der Waals surface area contributed by atoms with Crippen LogP contribution in [0.3, 0.4) is 0 Å². The summed E-state index contributed by atoms with van der Waals surface area (Å²) in [5.41, 5.74) is 7.33. The minimum atomic E-state index is 0.510. The quantitative estimate of drug-likeness (QED) is 0.743. The number of hydrogen-bond donors (Lipinski definition) is 0. The molecule has 1 unspecified atom stereocenters. The Balaban J connectivity index is 2.16. The van der Waals surface area contributed by atoms with E-state index in [1.807, 2.05) is 0 Å². The molecule has 0 spiro atoms. The normalized spacial score (nSPS) is 19.2. The molecule has 0 radical (unpaired) electrons. The maximum atomic E-state index is 2.43. The highest BCUT2D eigenvalue weighted by Gasteiger charge is 2.26. The highest BCUT2D eigenvalue weighted by molar-refractivity contribution is 5.46. The van der Waals surface area contributed by atoms with Gasteiger partial charge in [0.25, 0.3) is 0 Å². The van der Waals surface area contributed by atoms with Gasteiger partial charge in [-0.05, 0) is 48.7 Å². The van der Waals surface area contributed by atoms with E-state index < -0.39 is 0 Å². The smallest absolute Gasteiger partial charge is 0.0234 e. The van der Waals surface area contributed by atoms with Gasteiger partial charge in [-0.1, -0.05) is 42.5 Å². The summed E-state index contributed by atoms with van der Waals surface area (Å²) in [7, 11) is 2.22. The lowest BCUT2D eigenvalue weighted by Crippen LogP contribution is -2.31. The van der Waals surface area contributed by atoms with Crippen molar-refractivity contribution in [1.82, 2.24) is 4.90 Å². The van der Waals surface area contributed by atoms with E-state index in [9.17, 15) is 0 Å². The van der Waals surface area contributed by atoms with Crippen LogP contribution >= 0.6 is 0 Å². The Morgan fingerprint density at radius 2 is 1.63 bits per heavy atom. The van der Waals surface area contributed by atoms with Crippen LogP contribution in [0, 0.1) is 13.8 Å². The molecule has 0 bridgehead atoms. The molecular formula is C18H21N. The SMILES string of the molecule is Cc1cccc(C)c1C1CN(C)Cc2ccccc21. The Labute approximate surface area is 115 Å². The van der Waals surface area contributed by atoms with Gasteiger partial charge in [-0.15, -0.1) is 0 Å². The van der Waals surface area contributed by atoms with E-state index in [2.05, 4.69) is 68.3 Å². The molecule has 0 saturated heterocycles. The van der Waals surface area contributed by atoms with Gasteiger partial charge in [0.1, 0.15) is 0 Å². The van der Waals surface area contributed by atoms with Crippen LogP contribution in [0.15, 0.2) is 42.5 Å². The van der Waals surface area contributed by atoms with Crippen LogP contribution in [0.25, 0.3) is 0 Å². The summed E-state index contributed by atoms with van der Waals surface area (Å²) in [6.45, 7) is 6.65. The zero-order chi connectivity index (χ0) is 13.4. The van der Waals surface area contributed by atoms with Crippen molar-refractivity contribution in [3.05, 3.63) is 70.3 Å². The van der Waals surface area contributed by atoms with Crippen molar-refractivity contribution in [1.29, 1.82) is 0 Å². The molecular weight excluding hydrogens is 230 g/mol. The van der Waals surface area contributed by atoms with Crippen LogP contribution in [0.2, 0.25) is 0 Å². The maximum Gasteiger partial charge on any atom is 0.0234 e. The Morgan fingerprint density at radius 1 is 0.947 bits per heavy atom. The van der Waals surface area contributed by atoms with Crippen LogP contribution in [-0.4, -0.2) is 18.5 Å². The minimum Gasteiger partial charge on any atom is -0.301 e. The van der Waals surface area contributed by atoms with Gasteiger partial charge < -0.3 is 4.90 Å². The molecule has 1 aliphatic heterocycles. The van der Waals surface area contributed by atoms with Crippen molar-refractivity contribution < 1.29 is 0 Å². The topological polar surface area (TPSA) is 3.24 Å². The van der Waals surface area contributed by atoms with Crippen LogP contribution in [0.1, 0.15) is 33.7 Å². The number of benzene rings is 2. The molecule has 0 aromatic heterocycles. The second-order valence-corrected chi connectivity index (χ2v) is 5.75. The standard InChI is InChI=1S/C18H21N/c1-13-7-6-8-14(2)18(13)17-12-19(3)11-15-9-4-5-10-16(15)17/h4-10,17H,11-12H2,1-3H3. The van der Waals surface area contributed by atoms with Crippen molar-refractivity contribution in [2.75, 3.05) is 13.6 Å². The lowest BCUT2D eigenvalue weighted by atomic mass is 9.81. The van der Waals surface area contributed by atoms with Crippen LogP contribution in [-0.2, 0) is 6.54 Å². The molecule has 19 heavy (non-hydrogen) atoms. The molecule has 1 heteroatoms. The first-order valence-electron chi connectivity index (χ1n) is 6.99. The van der Waals surface area contributed by atoms with Crippen molar-refractivity contribution in [3.63, 3.8) is 0 Å². The zero-order valence-electron chi connectivity index (χ0n) is 12.0. The van der Waals surface area contributed by atoms with Crippen LogP contribution in [0.5, 0.6) is 0 Å². The third-order valence-electron chi connectivity index (χ3n) is 4.26. The van der Waals surface area contributed by atoms with E-state index >= 15 is 0 Å². The number of nitrogens with zero attached hydrogens (tertiary/aromatic N) is 1. The van der Waals surface area contributed by atoms with Gasteiger partial charge in [-0.25, -0.2) is 0 Å². The fourth-order valence-corrected chi connectivity index (χ4v) is 3.41. The summed E-state index contributed by atoms with van der Waals surface area (Å²) >= 11 is 0. The molecule has 2 aromatic carbocycles. The first-order valence-corrected chi connectivity index (χ1v) is 6.99. The molecule has 98 valence electrons. The fourth-order valence-electron chi connectivity index (χ4n) is 3.41. The predicted molar refractivity (Wildman–Crippen MR) is 80.5 cm³/mol. The van der Waals surface area contributed by atoms with Gasteiger partial charge in [0.15, 0.2) is 0 Å². The van der Waals surface area contributed by atoms with Gasteiger partial charge >= 0.3 is 0 Å². The summed E-state index contributed by atoms with van der Waals surface area (Å²) in [4.78, 5) is 2.43. The number of fused-ring (bicyclic) bond motifs is 1. The van der Waals surface area contributed by atoms with E-state index in [-0.39, 0.29) is 0 Å². The predicted octanol–water partition coefficient (Wildman–Crippen LogP) is 3.88. The highest BCUT2D eigenvalue weighted by Crippen LogP contribution is 2.35. The van der Waals surface area contributed by atoms with Crippen molar-refractivity contribution in [3.8, 4) is 0 Å². The Kier molecular flexibility index (Phi) is 3.16. The van der Waals surface area contributed by atoms with Crippen LogP contribution < -0.4 is 0 Å². The lowest BCUT2D eigenvalue weighted by Gasteiger charge is -2.34. The first kappa shape index (κ1) is 12.4. The minimum absolute atomic E-state index is 0.510. The molecule has 0 fully saturated rings. The summed E-state index contributed by atoms with van der Waals surface area (Å²) in [6, 6.07) is 15.5. The van der Waals surface area contributed by atoms with Crippen molar-refractivity contribution in [2.24, 2.45) is 0 Å². The third-order valence-corrected chi connectivity index (χ3v) is 4.26. The Bertz CT molecular complexity index is 580. The number of likely N-dealkylation sites (N-methyl/N-ethyl adjacent to an activating group) is 1. The second kappa shape index (κ2) is 4.82. The van der Waals surface area contributed by atoms with E-state index in [1.54, 1.807) is 0 Å². The number of hydrogen-bond acceptors (Lipinski definition) is 1. The summed E-state index contributed by atoms with van der Waals surface area (Å²) in [5.74, 6) is 0.510. The van der Waals surface area contributed by atoms with Gasteiger partial charge in [0.2, 0.25) is 0 Å². The van der Waals surface area contributed by atoms with Crippen molar-refractivity contribution in [2.45, 2.75) is 26.3 Å². The summed E-state index contributed by atoms with van der Waals surface area (Å²) < 4.78 is 0. The molecule has 1 aliphatic rings. The molecule has 0 amide bonds. The first-order chi connectivity index (χ1) is 9.16. The molecule has 1 heterocycles. The number of aryl methyl sites for hydroxylation is 2. The van der Waals surface area contributed by atoms with E-state index in [0.717, 1.165) is 13.1 Å². The fraction of sp³-hybridized carbons (Fsp3) is 0.333. The zero-order valence-corrected chi connectivity index (χ0v) is 12.0. The monoisotopic (exact) mass is 251 g/mol. The second-order valence-electron chi connectivity index (χ2n) is 5.75. The third kappa shape index (κ3) is 2.19. The molecule has 1 nitrogen and oxygen atoms in total. The molecule has 0 aliphatic carbocycles. The summed E-state index contributed by atoms with van der Waals surface area (Å²) in [6.07, 6.45) is 0. The largest absolute Gasteiger partial charge is 0.301 e. The van der Waals surface area contributed by atoms with Crippen molar-refractivity contribution >= 4 is 0 Å². The van der Waals surface area contributed by atoms with Gasteiger partial charge in [-0.3, -0.25) is 0 Å². The highest BCUT2D eigenvalue weighted by atomic mass is 15.1. The van der Waals surface area contributed by atoms with Gasteiger partial charge in [-0.2, -0.15) is 0 Å². The van der Waals surface area contributed by atoms with Gasteiger partial charge in [0.05, 0.1) is 0 Å². The molecule has 3 rings (SSSR count). The van der Waals surface area contributed by atoms with E-state index in [1.165, 1.54) is 27.8 Å². The maximum absolute atomic E-state index is 2.43. The molecule has 1 atom stereocenters. The van der Waals surface area contributed by atoms with Crippen LogP contribution in [0.4, 0.5) is 0 Å². The summed E-state index contributed by atoms with van der Waals surface area (Å²) in [5, 5.41) is 0. The van der Waals surface area contributed by atoms with E-state index in [0.29, 0.717) is 5.92 Å². The van der Waals surface area contributed by atoms with Gasteiger partial charge in [0, 0.05) is 19.0 Å². The molecule has 0 N–H and O–H groups in total. The Hall–Kier alpha value is -1.60.